The number of aromatic nitrogens is 2. The van der Waals surface area contributed by atoms with Crippen LogP contribution in [0.4, 0.5) is 5.82 Å². The first-order valence-electron chi connectivity index (χ1n) is 5.10. The number of methoxy groups -OCH3 is 1. The fourth-order valence-corrected chi connectivity index (χ4v) is 1.36. The topological polar surface area (TPSA) is 70.3 Å². The Kier molecular flexibility index (Phi) is 3.09. The molecule has 0 aliphatic heterocycles. The Hall–Kier alpha value is -2.30. The van der Waals surface area contributed by atoms with Gasteiger partial charge in [0.2, 0.25) is 5.88 Å². The van der Waals surface area contributed by atoms with E-state index in [2.05, 4.69) is 9.97 Å². The zero-order chi connectivity index (χ0) is 12.3. The summed E-state index contributed by atoms with van der Waals surface area (Å²) in [6, 6.07) is 7.34. The number of rotatable bonds is 3. The van der Waals surface area contributed by atoms with Crippen molar-refractivity contribution in [3.63, 3.8) is 0 Å². The maximum atomic E-state index is 5.68. The van der Waals surface area contributed by atoms with Gasteiger partial charge in [0.05, 0.1) is 12.7 Å². The number of nitrogens with two attached hydrogens (primary N) is 1. The van der Waals surface area contributed by atoms with Gasteiger partial charge in [0.1, 0.15) is 12.1 Å². The van der Waals surface area contributed by atoms with E-state index >= 15 is 0 Å². The van der Waals surface area contributed by atoms with Gasteiger partial charge in [0, 0.05) is 0 Å². The van der Waals surface area contributed by atoms with Crippen LogP contribution in [0.3, 0.4) is 0 Å². The predicted molar refractivity (Wildman–Crippen MR) is 64.2 cm³/mol. The van der Waals surface area contributed by atoms with Crippen LogP contribution in [0.5, 0.6) is 17.4 Å². The largest absolute Gasteiger partial charge is 0.493 e. The van der Waals surface area contributed by atoms with E-state index in [0.717, 1.165) is 0 Å². The molecule has 0 amide bonds. The second kappa shape index (κ2) is 4.69. The smallest absolute Gasteiger partial charge is 0.227 e. The summed E-state index contributed by atoms with van der Waals surface area (Å²) in [6.07, 6.45) is 1.37. The molecule has 88 valence electrons. The molecule has 0 spiro atoms. The molecule has 1 heterocycles. The summed E-state index contributed by atoms with van der Waals surface area (Å²) in [6.45, 7) is 1.81. The third-order valence-electron chi connectivity index (χ3n) is 2.35. The van der Waals surface area contributed by atoms with Gasteiger partial charge < -0.3 is 15.2 Å². The second-order valence-electron chi connectivity index (χ2n) is 3.44. The molecule has 0 saturated heterocycles. The summed E-state index contributed by atoms with van der Waals surface area (Å²) in [5.74, 6) is 2.08. The van der Waals surface area contributed by atoms with Crippen LogP contribution in [-0.2, 0) is 0 Å². The maximum absolute atomic E-state index is 5.68. The van der Waals surface area contributed by atoms with E-state index in [-0.39, 0.29) is 0 Å². The number of hydrogen-bond acceptors (Lipinski definition) is 5. The number of para-hydroxylation sites is 2. The molecule has 2 aromatic rings. The molecule has 0 aliphatic rings. The van der Waals surface area contributed by atoms with Crippen molar-refractivity contribution in [1.29, 1.82) is 0 Å². The molecule has 2 rings (SSSR count). The SMILES string of the molecule is COc1ccccc1Oc1ncnc(N)c1C. The van der Waals surface area contributed by atoms with Crippen LogP contribution in [0.2, 0.25) is 0 Å². The monoisotopic (exact) mass is 231 g/mol. The summed E-state index contributed by atoms with van der Waals surface area (Å²) in [5, 5.41) is 0. The molecule has 5 heteroatoms. The van der Waals surface area contributed by atoms with Crippen LogP contribution >= 0.6 is 0 Å². The first-order valence-corrected chi connectivity index (χ1v) is 5.10. The van der Waals surface area contributed by atoms with Crippen LogP contribution in [0.25, 0.3) is 0 Å². The average Bonchev–Trinajstić information content (AvgIpc) is 2.35. The van der Waals surface area contributed by atoms with E-state index < -0.39 is 0 Å². The molecule has 1 aromatic carbocycles. The number of nitrogens with zero attached hydrogens (tertiary/aromatic N) is 2. The second-order valence-corrected chi connectivity index (χ2v) is 3.44. The standard InChI is InChI=1S/C12H13N3O2/c1-8-11(13)14-7-15-12(8)17-10-6-4-3-5-9(10)16-2/h3-7H,1-2H3,(H2,13,14,15). The third kappa shape index (κ3) is 2.28. The van der Waals surface area contributed by atoms with E-state index in [1.54, 1.807) is 20.1 Å². The van der Waals surface area contributed by atoms with Crippen molar-refractivity contribution >= 4 is 5.82 Å². The Balaban J connectivity index is 2.35. The Morgan fingerprint density at radius 2 is 1.82 bits per heavy atom. The van der Waals surface area contributed by atoms with Crippen molar-refractivity contribution < 1.29 is 9.47 Å². The molecule has 2 N–H and O–H groups in total. The minimum absolute atomic E-state index is 0.407. The quantitative estimate of drug-likeness (QED) is 0.876. The molecule has 5 nitrogen and oxygen atoms in total. The van der Waals surface area contributed by atoms with Crippen LogP contribution in [-0.4, -0.2) is 17.1 Å². The molecule has 0 unspecified atom stereocenters. The van der Waals surface area contributed by atoms with Gasteiger partial charge in [-0.2, -0.15) is 0 Å². The van der Waals surface area contributed by atoms with E-state index in [1.165, 1.54) is 6.33 Å². The highest BCUT2D eigenvalue weighted by Gasteiger charge is 2.09. The zero-order valence-electron chi connectivity index (χ0n) is 9.68. The highest BCUT2D eigenvalue weighted by molar-refractivity contribution is 5.47. The highest BCUT2D eigenvalue weighted by Crippen LogP contribution is 2.31. The molecule has 0 fully saturated rings. The molecule has 0 atom stereocenters. The van der Waals surface area contributed by atoms with Crippen LogP contribution in [0, 0.1) is 6.92 Å². The van der Waals surface area contributed by atoms with Crippen molar-refractivity contribution in [2.75, 3.05) is 12.8 Å². The minimum Gasteiger partial charge on any atom is -0.493 e. The van der Waals surface area contributed by atoms with Crippen molar-refractivity contribution in [1.82, 2.24) is 9.97 Å². The van der Waals surface area contributed by atoms with Gasteiger partial charge in [-0.1, -0.05) is 12.1 Å². The summed E-state index contributed by atoms with van der Waals surface area (Å²) < 4.78 is 10.8. The van der Waals surface area contributed by atoms with Gasteiger partial charge in [-0.05, 0) is 19.1 Å². The number of anilines is 1. The lowest BCUT2D eigenvalue weighted by atomic mass is 10.3. The van der Waals surface area contributed by atoms with Gasteiger partial charge >= 0.3 is 0 Å². The fraction of sp³-hybridized carbons (Fsp3) is 0.167. The first kappa shape index (κ1) is 11.2. The summed E-state index contributed by atoms with van der Waals surface area (Å²) in [7, 11) is 1.59. The van der Waals surface area contributed by atoms with Crippen LogP contribution in [0.15, 0.2) is 30.6 Å². The van der Waals surface area contributed by atoms with Gasteiger partial charge in [-0.15, -0.1) is 0 Å². The Labute approximate surface area is 99.2 Å². The molecular formula is C12H13N3O2. The van der Waals surface area contributed by atoms with Gasteiger partial charge in [-0.3, -0.25) is 0 Å². The van der Waals surface area contributed by atoms with Crippen molar-refractivity contribution in [2.24, 2.45) is 0 Å². The highest BCUT2D eigenvalue weighted by atomic mass is 16.5. The average molecular weight is 231 g/mol. The molecule has 0 radical (unpaired) electrons. The molecule has 0 aliphatic carbocycles. The van der Waals surface area contributed by atoms with Crippen molar-refractivity contribution in [3.8, 4) is 17.4 Å². The van der Waals surface area contributed by atoms with E-state index in [4.69, 9.17) is 15.2 Å². The molecule has 17 heavy (non-hydrogen) atoms. The van der Waals surface area contributed by atoms with Gasteiger partial charge in [0.15, 0.2) is 11.5 Å². The Morgan fingerprint density at radius 3 is 2.53 bits per heavy atom. The predicted octanol–water partition coefficient (Wildman–Crippen LogP) is 2.17. The Bertz CT molecular complexity index is 529. The van der Waals surface area contributed by atoms with E-state index in [0.29, 0.717) is 28.8 Å². The normalized spacial score (nSPS) is 10.0. The number of hydrogen-bond donors (Lipinski definition) is 1. The number of ether oxygens (including phenoxy) is 2. The fourth-order valence-electron chi connectivity index (χ4n) is 1.36. The molecular weight excluding hydrogens is 218 g/mol. The molecule has 0 bridgehead atoms. The van der Waals surface area contributed by atoms with Gasteiger partial charge in [-0.25, -0.2) is 9.97 Å². The minimum atomic E-state index is 0.407. The lowest BCUT2D eigenvalue weighted by Crippen LogP contribution is -1.99. The van der Waals surface area contributed by atoms with Crippen LogP contribution in [0.1, 0.15) is 5.56 Å². The maximum Gasteiger partial charge on any atom is 0.227 e. The van der Waals surface area contributed by atoms with Crippen molar-refractivity contribution in [3.05, 3.63) is 36.2 Å². The summed E-state index contributed by atoms with van der Waals surface area (Å²) in [5.41, 5.74) is 6.39. The van der Waals surface area contributed by atoms with E-state index in [1.807, 2.05) is 18.2 Å². The first-order chi connectivity index (χ1) is 8.22. The van der Waals surface area contributed by atoms with Gasteiger partial charge in [0.25, 0.3) is 0 Å². The number of benzene rings is 1. The third-order valence-corrected chi connectivity index (χ3v) is 2.35. The number of nitrogen functional groups attached to an aromatic ring is 1. The Morgan fingerprint density at radius 1 is 1.12 bits per heavy atom. The lowest BCUT2D eigenvalue weighted by molar-refractivity contribution is 0.373. The van der Waals surface area contributed by atoms with Crippen molar-refractivity contribution in [2.45, 2.75) is 6.92 Å². The molecule has 0 saturated carbocycles. The van der Waals surface area contributed by atoms with E-state index in [9.17, 15) is 0 Å². The molecule has 1 aromatic heterocycles. The summed E-state index contributed by atoms with van der Waals surface area (Å²) >= 11 is 0. The lowest BCUT2D eigenvalue weighted by Gasteiger charge is -2.11. The zero-order valence-corrected chi connectivity index (χ0v) is 9.68. The van der Waals surface area contributed by atoms with Crippen LogP contribution < -0.4 is 15.2 Å². The summed E-state index contributed by atoms with van der Waals surface area (Å²) in [4.78, 5) is 7.92.